The molecule has 9 heteroatoms. The number of hydrogen-bond donors (Lipinski definition) is 3. The predicted octanol–water partition coefficient (Wildman–Crippen LogP) is 1.09. The van der Waals surface area contributed by atoms with Gasteiger partial charge in [-0.1, -0.05) is 18.2 Å². The van der Waals surface area contributed by atoms with Crippen molar-refractivity contribution in [3.63, 3.8) is 0 Å². The summed E-state index contributed by atoms with van der Waals surface area (Å²) in [5, 5.41) is 14.5. The molecular weight excluding hydrogens is 362 g/mol. The third-order valence-corrected chi connectivity index (χ3v) is 4.07. The first kappa shape index (κ1) is 18.8. The first-order valence-corrected chi connectivity index (χ1v) is 8.29. The van der Waals surface area contributed by atoms with Crippen molar-refractivity contribution >= 4 is 11.6 Å². The topological polar surface area (TPSA) is 129 Å². The Balaban J connectivity index is 2.03. The summed E-state index contributed by atoms with van der Waals surface area (Å²) in [5.74, 6) is -1.08. The average Bonchev–Trinajstić information content (AvgIpc) is 2.68. The predicted molar refractivity (Wildman–Crippen MR) is 103 cm³/mol. The van der Waals surface area contributed by atoms with E-state index in [0.717, 1.165) is 10.1 Å². The Morgan fingerprint density at radius 1 is 1.18 bits per heavy atom. The SMILES string of the molecule is C/C(=N\NC(=O)c1ccncc1)c1c(O)n(-c2ccccc2C)c(=O)[nH]c1=O. The van der Waals surface area contributed by atoms with Crippen molar-refractivity contribution in [2.45, 2.75) is 13.8 Å². The standard InChI is InChI=1S/C19H17N5O4/c1-11-5-3-4-6-14(11)24-18(27)15(17(26)21-19(24)28)12(2)22-23-16(25)13-7-9-20-10-8-13/h3-10,27H,1-2H3,(H,23,25)(H,21,26,28)/b22-12+. The number of pyridine rings is 1. The van der Waals surface area contributed by atoms with Crippen molar-refractivity contribution in [2.75, 3.05) is 0 Å². The lowest BCUT2D eigenvalue weighted by Crippen LogP contribution is -2.33. The van der Waals surface area contributed by atoms with Gasteiger partial charge in [0.05, 0.1) is 11.4 Å². The van der Waals surface area contributed by atoms with Gasteiger partial charge in [-0.3, -0.25) is 19.6 Å². The summed E-state index contributed by atoms with van der Waals surface area (Å²) < 4.78 is 0.982. The van der Waals surface area contributed by atoms with Crippen LogP contribution in [0, 0.1) is 6.92 Å². The Bertz CT molecular complexity index is 1180. The molecule has 0 bridgehead atoms. The molecule has 0 aliphatic rings. The van der Waals surface area contributed by atoms with Gasteiger partial charge in [0.15, 0.2) is 0 Å². The van der Waals surface area contributed by atoms with Crippen LogP contribution < -0.4 is 16.7 Å². The Morgan fingerprint density at radius 2 is 1.86 bits per heavy atom. The van der Waals surface area contributed by atoms with Gasteiger partial charge in [-0.15, -0.1) is 0 Å². The van der Waals surface area contributed by atoms with Crippen molar-refractivity contribution in [2.24, 2.45) is 5.10 Å². The van der Waals surface area contributed by atoms with Crippen LogP contribution in [-0.2, 0) is 0 Å². The molecule has 1 amide bonds. The van der Waals surface area contributed by atoms with E-state index in [1.54, 1.807) is 31.2 Å². The zero-order chi connectivity index (χ0) is 20.3. The number of nitrogens with one attached hydrogen (secondary N) is 2. The average molecular weight is 379 g/mol. The van der Waals surface area contributed by atoms with Crippen molar-refractivity contribution in [3.8, 4) is 11.6 Å². The second-order valence-corrected chi connectivity index (χ2v) is 5.95. The number of aromatic amines is 1. The maximum Gasteiger partial charge on any atom is 0.335 e. The molecule has 2 heterocycles. The summed E-state index contributed by atoms with van der Waals surface area (Å²) in [5.41, 5.74) is 1.98. The van der Waals surface area contributed by atoms with E-state index in [9.17, 15) is 19.5 Å². The number of nitrogens with zero attached hydrogens (tertiary/aromatic N) is 3. The van der Waals surface area contributed by atoms with Gasteiger partial charge in [0.1, 0.15) is 5.56 Å². The van der Waals surface area contributed by atoms with E-state index < -0.39 is 23.0 Å². The summed E-state index contributed by atoms with van der Waals surface area (Å²) in [7, 11) is 0. The molecule has 0 fully saturated rings. The third-order valence-electron chi connectivity index (χ3n) is 4.07. The number of carbonyl (C=O) groups is 1. The fourth-order valence-electron chi connectivity index (χ4n) is 2.65. The zero-order valence-corrected chi connectivity index (χ0v) is 15.1. The summed E-state index contributed by atoms with van der Waals surface area (Å²) >= 11 is 0. The number of hydrogen-bond acceptors (Lipinski definition) is 6. The third kappa shape index (κ3) is 3.58. The monoisotopic (exact) mass is 379 g/mol. The van der Waals surface area contributed by atoms with Crippen molar-refractivity contribution in [3.05, 3.63) is 86.3 Å². The van der Waals surface area contributed by atoms with E-state index in [4.69, 9.17) is 0 Å². The van der Waals surface area contributed by atoms with Crippen LogP contribution >= 0.6 is 0 Å². The molecule has 0 unspecified atom stereocenters. The van der Waals surface area contributed by atoms with E-state index in [-0.39, 0.29) is 11.3 Å². The first-order chi connectivity index (χ1) is 13.4. The van der Waals surface area contributed by atoms with E-state index in [0.29, 0.717) is 11.3 Å². The lowest BCUT2D eigenvalue weighted by molar-refractivity contribution is 0.0954. The number of carbonyl (C=O) groups excluding carboxylic acids is 1. The molecule has 0 saturated carbocycles. The van der Waals surface area contributed by atoms with Crippen LogP contribution in [0.25, 0.3) is 5.69 Å². The molecule has 1 aromatic carbocycles. The van der Waals surface area contributed by atoms with Gasteiger partial charge in [-0.25, -0.2) is 14.8 Å². The van der Waals surface area contributed by atoms with Gasteiger partial charge in [0.25, 0.3) is 11.5 Å². The highest BCUT2D eigenvalue weighted by Crippen LogP contribution is 2.19. The number of rotatable bonds is 4. The van der Waals surface area contributed by atoms with Gasteiger partial charge in [0, 0.05) is 18.0 Å². The van der Waals surface area contributed by atoms with Crippen molar-refractivity contribution in [1.29, 1.82) is 0 Å². The van der Waals surface area contributed by atoms with E-state index in [1.807, 2.05) is 0 Å². The number of benzene rings is 1. The molecule has 142 valence electrons. The second kappa shape index (κ2) is 7.70. The molecule has 0 aliphatic heterocycles. The fraction of sp³-hybridized carbons (Fsp3) is 0.105. The Labute approximate surface area is 159 Å². The molecule has 3 aromatic rings. The van der Waals surface area contributed by atoms with Crippen LogP contribution in [0.3, 0.4) is 0 Å². The zero-order valence-electron chi connectivity index (χ0n) is 15.1. The van der Waals surface area contributed by atoms with Crippen molar-refractivity contribution in [1.82, 2.24) is 20.0 Å². The molecule has 0 radical (unpaired) electrons. The molecule has 9 nitrogen and oxygen atoms in total. The van der Waals surface area contributed by atoms with Crippen molar-refractivity contribution < 1.29 is 9.90 Å². The number of H-pyrrole nitrogens is 1. The molecule has 0 atom stereocenters. The highest BCUT2D eigenvalue weighted by molar-refractivity contribution is 6.02. The smallest absolute Gasteiger partial charge is 0.335 e. The Kier molecular flexibility index (Phi) is 5.16. The van der Waals surface area contributed by atoms with E-state index in [1.165, 1.54) is 31.5 Å². The number of para-hydroxylation sites is 1. The van der Waals surface area contributed by atoms with E-state index in [2.05, 4.69) is 20.5 Å². The summed E-state index contributed by atoms with van der Waals surface area (Å²) in [6.45, 7) is 3.20. The molecular formula is C19H17N5O4. The fourth-order valence-corrected chi connectivity index (χ4v) is 2.65. The molecule has 3 rings (SSSR count). The van der Waals surface area contributed by atoms with Gasteiger partial charge >= 0.3 is 5.69 Å². The maximum absolute atomic E-state index is 12.3. The second-order valence-electron chi connectivity index (χ2n) is 5.95. The van der Waals surface area contributed by atoms with Gasteiger partial charge in [-0.2, -0.15) is 5.10 Å². The van der Waals surface area contributed by atoms with E-state index >= 15 is 0 Å². The Morgan fingerprint density at radius 3 is 2.54 bits per heavy atom. The quantitative estimate of drug-likeness (QED) is 0.461. The van der Waals surface area contributed by atoms with Crippen LogP contribution in [0.4, 0.5) is 0 Å². The van der Waals surface area contributed by atoms with Gasteiger partial charge in [0.2, 0.25) is 5.88 Å². The summed E-state index contributed by atoms with van der Waals surface area (Å²) in [6, 6.07) is 9.90. The van der Waals surface area contributed by atoms with Crippen LogP contribution in [-0.4, -0.2) is 31.3 Å². The molecule has 0 spiro atoms. The number of aryl methyl sites for hydroxylation is 1. The van der Waals surface area contributed by atoms with Gasteiger partial charge in [-0.05, 0) is 37.6 Å². The summed E-state index contributed by atoms with van der Waals surface area (Å²) in [4.78, 5) is 42.6. The number of aromatic hydroxyl groups is 1. The molecule has 0 saturated heterocycles. The minimum absolute atomic E-state index is 0.0310. The summed E-state index contributed by atoms with van der Waals surface area (Å²) in [6.07, 6.45) is 2.92. The number of hydrazone groups is 1. The lowest BCUT2D eigenvalue weighted by atomic mass is 10.1. The molecule has 28 heavy (non-hydrogen) atoms. The normalized spacial score (nSPS) is 11.3. The number of aromatic nitrogens is 3. The molecule has 3 N–H and O–H groups in total. The van der Waals surface area contributed by atoms with Gasteiger partial charge < -0.3 is 5.11 Å². The van der Waals surface area contributed by atoms with Crippen LogP contribution in [0.5, 0.6) is 5.88 Å². The lowest BCUT2D eigenvalue weighted by Gasteiger charge is -2.13. The maximum atomic E-state index is 12.3. The van der Waals surface area contributed by atoms with Crippen LogP contribution in [0.2, 0.25) is 0 Å². The minimum Gasteiger partial charge on any atom is -0.493 e. The highest BCUT2D eigenvalue weighted by atomic mass is 16.3. The number of amides is 1. The minimum atomic E-state index is -0.813. The molecule has 0 aliphatic carbocycles. The van der Waals surface area contributed by atoms with Crippen LogP contribution in [0.15, 0.2) is 63.5 Å². The largest absolute Gasteiger partial charge is 0.493 e. The Hall–Kier alpha value is -4.01. The molecule has 2 aromatic heterocycles. The first-order valence-electron chi connectivity index (χ1n) is 8.29. The highest BCUT2D eigenvalue weighted by Gasteiger charge is 2.19. The van der Waals surface area contributed by atoms with Crippen LogP contribution in [0.1, 0.15) is 28.4 Å².